The summed E-state index contributed by atoms with van der Waals surface area (Å²) in [5.41, 5.74) is 1.03. The molecule has 2 heterocycles. The third-order valence-electron chi connectivity index (χ3n) is 3.74. The van der Waals surface area contributed by atoms with Crippen molar-refractivity contribution >= 4 is 5.91 Å². The molecular weight excluding hydrogens is 256 g/mol. The molecule has 0 bridgehead atoms. The van der Waals surface area contributed by atoms with E-state index >= 15 is 0 Å². The largest absolute Gasteiger partial charge is 0.454 e. The van der Waals surface area contributed by atoms with Gasteiger partial charge in [0.05, 0.1) is 6.54 Å². The second-order valence-corrected chi connectivity index (χ2v) is 5.30. The monoisotopic (exact) mass is 276 g/mol. The van der Waals surface area contributed by atoms with Crippen LogP contribution in [0.3, 0.4) is 0 Å². The Bertz CT molecular complexity index is 484. The Hall–Kier alpha value is -1.75. The maximum Gasteiger partial charge on any atom is 0.234 e. The van der Waals surface area contributed by atoms with Crippen LogP contribution in [-0.4, -0.2) is 37.2 Å². The molecule has 20 heavy (non-hydrogen) atoms. The number of hydrogen-bond acceptors (Lipinski definition) is 4. The van der Waals surface area contributed by atoms with Gasteiger partial charge in [-0.2, -0.15) is 0 Å². The van der Waals surface area contributed by atoms with Gasteiger partial charge in [0.15, 0.2) is 11.5 Å². The molecule has 0 unspecified atom stereocenters. The average Bonchev–Trinajstić information content (AvgIpc) is 2.93. The van der Waals surface area contributed by atoms with Crippen molar-refractivity contribution in [2.75, 3.05) is 26.4 Å². The Kier molecular flexibility index (Phi) is 4.06. The van der Waals surface area contributed by atoms with E-state index in [-0.39, 0.29) is 12.7 Å². The van der Waals surface area contributed by atoms with Crippen LogP contribution in [0.5, 0.6) is 11.5 Å². The van der Waals surface area contributed by atoms with Crippen molar-refractivity contribution in [3.05, 3.63) is 23.8 Å². The lowest BCUT2D eigenvalue weighted by Crippen LogP contribution is -2.39. The number of carbonyl (C=O) groups excluding carboxylic acids is 1. The quantitative estimate of drug-likeness (QED) is 0.906. The highest BCUT2D eigenvalue weighted by molar-refractivity contribution is 5.78. The summed E-state index contributed by atoms with van der Waals surface area (Å²) in [7, 11) is 0. The Morgan fingerprint density at radius 3 is 2.80 bits per heavy atom. The molecule has 2 aliphatic rings. The number of fused-ring (bicyclic) bond motifs is 1. The van der Waals surface area contributed by atoms with Crippen molar-refractivity contribution in [1.29, 1.82) is 0 Å². The van der Waals surface area contributed by atoms with Crippen LogP contribution in [0.2, 0.25) is 0 Å². The Balaban J connectivity index is 1.47. The topological polar surface area (TPSA) is 50.8 Å². The van der Waals surface area contributed by atoms with Crippen LogP contribution in [-0.2, 0) is 11.3 Å². The van der Waals surface area contributed by atoms with E-state index in [1.54, 1.807) is 0 Å². The van der Waals surface area contributed by atoms with Crippen LogP contribution in [0.4, 0.5) is 0 Å². The van der Waals surface area contributed by atoms with Crippen LogP contribution in [0.1, 0.15) is 24.8 Å². The molecule has 0 radical (unpaired) electrons. The third-order valence-corrected chi connectivity index (χ3v) is 3.74. The van der Waals surface area contributed by atoms with Gasteiger partial charge in [-0.3, -0.25) is 9.69 Å². The molecule has 0 aliphatic carbocycles. The van der Waals surface area contributed by atoms with E-state index in [4.69, 9.17) is 9.47 Å². The Morgan fingerprint density at radius 1 is 1.15 bits per heavy atom. The number of hydrogen-bond donors (Lipinski definition) is 1. The van der Waals surface area contributed by atoms with E-state index in [1.165, 1.54) is 19.3 Å². The van der Waals surface area contributed by atoms with E-state index in [9.17, 15) is 4.79 Å². The van der Waals surface area contributed by atoms with Crippen LogP contribution < -0.4 is 14.8 Å². The first-order chi connectivity index (χ1) is 9.81. The molecule has 1 aromatic carbocycles. The molecule has 5 heteroatoms. The van der Waals surface area contributed by atoms with Gasteiger partial charge in [-0.05, 0) is 43.6 Å². The zero-order valence-electron chi connectivity index (χ0n) is 11.6. The molecule has 0 atom stereocenters. The number of nitrogens with one attached hydrogen (secondary N) is 1. The minimum Gasteiger partial charge on any atom is -0.454 e. The highest BCUT2D eigenvalue weighted by Crippen LogP contribution is 2.32. The minimum atomic E-state index is 0.0876. The molecule has 2 aliphatic heterocycles. The normalized spacial score (nSPS) is 18.0. The summed E-state index contributed by atoms with van der Waals surface area (Å²) < 4.78 is 10.6. The first kappa shape index (κ1) is 13.2. The Labute approximate surface area is 118 Å². The predicted molar refractivity (Wildman–Crippen MR) is 74.7 cm³/mol. The van der Waals surface area contributed by atoms with Gasteiger partial charge in [-0.15, -0.1) is 0 Å². The average molecular weight is 276 g/mol. The summed E-state index contributed by atoms with van der Waals surface area (Å²) in [6.45, 7) is 3.39. The molecule has 5 nitrogen and oxygen atoms in total. The molecule has 1 saturated heterocycles. The first-order valence-electron chi connectivity index (χ1n) is 7.19. The summed E-state index contributed by atoms with van der Waals surface area (Å²) in [6, 6.07) is 5.76. The Morgan fingerprint density at radius 2 is 1.95 bits per heavy atom. The van der Waals surface area contributed by atoms with Gasteiger partial charge >= 0.3 is 0 Å². The minimum absolute atomic E-state index is 0.0876. The summed E-state index contributed by atoms with van der Waals surface area (Å²) in [5, 5.41) is 2.96. The smallest absolute Gasteiger partial charge is 0.234 e. The third kappa shape index (κ3) is 3.22. The lowest BCUT2D eigenvalue weighted by Gasteiger charge is -2.25. The van der Waals surface area contributed by atoms with Gasteiger partial charge in [0, 0.05) is 6.54 Å². The number of rotatable bonds is 4. The number of ether oxygens (including phenoxy) is 2. The molecule has 1 fully saturated rings. The van der Waals surface area contributed by atoms with E-state index in [1.807, 2.05) is 18.2 Å². The summed E-state index contributed by atoms with van der Waals surface area (Å²) >= 11 is 0. The van der Waals surface area contributed by atoms with Gasteiger partial charge in [-0.25, -0.2) is 0 Å². The second-order valence-electron chi connectivity index (χ2n) is 5.30. The van der Waals surface area contributed by atoms with Crippen molar-refractivity contribution in [3.63, 3.8) is 0 Å². The zero-order chi connectivity index (χ0) is 13.8. The number of likely N-dealkylation sites (tertiary alicyclic amines) is 1. The van der Waals surface area contributed by atoms with Gasteiger partial charge in [-0.1, -0.05) is 12.5 Å². The van der Waals surface area contributed by atoms with Crippen molar-refractivity contribution in [2.45, 2.75) is 25.8 Å². The number of amides is 1. The van der Waals surface area contributed by atoms with E-state index in [2.05, 4.69) is 10.2 Å². The molecule has 0 aromatic heterocycles. The zero-order valence-corrected chi connectivity index (χ0v) is 11.6. The molecule has 1 N–H and O–H groups in total. The van der Waals surface area contributed by atoms with E-state index < -0.39 is 0 Å². The van der Waals surface area contributed by atoms with E-state index in [0.717, 1.165) is 30.2 Å². The van der Waals surface area contributed by atoms with Crippen LogP contribution >= 0.6 is 0 Å². The highest BCUT2D eigenvalue weighted by atomic mass is 16.7. The van der Waals surface area contributed by atoms with E-state index in [0.29, 0.717) is 13.1 Å². The molecule has 0 spiro atoms. The molecule has 0 saturated carbocycles. The summed E-state index contributed by atoms with van der Waals surface area (Å²) in [6.07, 6.45) is 3.69. The van der Waals surface area contributed by atoms with Crippen molar-refractivity contribution in [1.82, 2.24) is 10.2 Å². The van der Waals surface area contributed by atoms with Crippen LogP contribution in [0.15, 0.2) is 18.2 Å². The predicted octanol–water partition coefficient (Wildman–Crippen LogP) is 1.52. The van der Waals surface area contributed by atoms with Crippen LogP contribution in [0, 0.1) is 0 Å². The summed E-state index contributed by atoms with van der Waals surface area (Å²) in [5.74, 6) is 1.62. The van der Waals surface area contributed by atoms with Gasteiger partial charge in [0.25, 0.3) is 0 Å². The molecular formula is C15H20N2O3. The SMILES string of the molecule is O=C(CN1CCCCC1)NCc1ccc2c(c1)OCO2. The molecule has 1 aromatic rings. The van der Waals surface area contributed by atoms with Crippen LogP contribution in [0.25, 0.3) is 0 Å². The second kappa shape index (κ2) is 6.13. The highest BCUT2D eigenvalue weighted by Gasteiger charge is 2.15. The molecule has 108 valence electrons. The van der Waals surface area contributed by atoms with Gasteiger partial charge < -0.3 is 14.8 Å². The standard InChI is InChI=1S/C15H20N2O3/c18-15(10-17-6-2-1-3-7-17)16-9-12-4-5-13-14(8-12)20-11-19-13/h4-5,8H,1-3,6-7,9-11H2,(H,16,18). The summed E-state index contributed by atoms with van der Waals surface area (Å²) in [4.78, 5) is 14.1. The number of piperidine rings is 1. The fourth-order valence-corrected chi connectivity index (χ4v) is 2.63. The first-order valence-corrected chi connectivity index (χ1v) is 7.19. The van der Waals surface area contributed by atoms with Gasteiger partial charge in [0.1, 0.15) is 0 Å². The fourth-order valence-electron chi connectivity index (χ4n) is 2.63. The maximum atomic E-state index is 11.9. The van der Waals surface area contributed by atoms with Crippen molar-refractivity contribution in [2.24, 2.45) is 0 Å². The molecule has 3 rings (SSSR count). The fraction of sp³-hybridized carbons (Fsp3) is 0.533. The number of nitrogens with zero attached hydrogens (tertiary/aromatic N) is 1. The maximum absolute atomic E-state index is 11.9. The lowest BCUT2D eigenvalue weighted by molar-refractivity contribution is -0.122. The van der Waals surface area contributed by atoms with Crippen molar-refractivity contribution in [3.8, 4) is 11.5 Å². The molecule has 1 amide bonds. The van der Waals surface area contributed by atoms with Gasteiger partial charge in [0.2, 0.25) is 12.7 Å². The van der Waals surface area contributed by atoms with Crippen molar-refractivity contribution < 1.29 is 14.3 Å². The number of carbonyl (C=O) groups is 1. The number of benzene rings is 1. The lowest BCUT2D eigenvalue weighted by atomic mass is 10.1.